The maximum atomic E-state index is 12.3. The molecule has 4 rings (SSSR count). The number of aromatic nitrogens is 4. The zero-order valence-electron chi connectivity index (χ0n) is 17.0. The van der Waals surface area contributed by atoms with E-state index in [4.69, 9.17) is 4.74 Å². The molecule has 0 unspecified atom stereocenters. The van der Waals surface area contributed by atoms with Gasteiger partial charge >= 0.3 is 12.4 Å². The molecule has 174 valence electrons. The Morgan fingerprint density at radius 3 is 1.91 bits per heavy atom. The van der Waals surface area contributed by atoms with Crippen molar-refractivity contribution in [3.63, 3.8) is 0 Å². The minimum absolute atomic E-state index is 0.0542. The van der Waals surface area contributed by atoms with Gasteiger partial charge in [0.25, 0.3) is 5.56 Å². The Hall–Kier alpha value is -3.70. The lowest BCUT2D eigenvalue weighted by Gasteiger charge is -2.08. The highest BCUT2D eigenvalue weighted by Gasteiger charge is 2.28. The third kappa shape index (κ3) is 6.64. The number of methoxy groups -OCH3 is 1. The number of hydrogen-bond donors (Lipinski definition) is 1. The van der Waals surface area contributed by atoms with Gasteiger partial charge in [-0.05, 0) is 35.4 Å². The number of rotatable bonds is 3. The number of aromatic amines is 1. The highest BCUT2D eigenvalue weighted by atomic mass is 19.4. The fraction of sp³-hybridized carbons (Fsp3) is 0.238. The van der Waals surface area contributed by atoms with Crippen LogP contribution in [0, 0.1) is 0 Å². The molecule has 0 aliphatic rings. The SMILES string of the molecule is COc1ncnc2ccc(CC(F)(F)F)cc12.O=c1[nH]cnc2ccc(CC(F)(F)F)cc12. The van der Waals surface area contributed by atoms with Crippen molar-refractivity contribution in [2.75, 3.05) is 7.11 Å². The van der Waals surface area contributed by atoms with E-state index < -0.39 is 30.8 Å². The normalized spacial score (nSPS) is 11.8. The van der Waals surface area contributed by atoms with E-state index in [0.717, 1.165) is 0 Å². The van der Waals surface area contributed by atoms with Crippen molar-refractivity contribution in [2.45, 2.75) is 25.2 Å². The Morgan fingerprint density at radius 1 is 0.818 bits per heavy atom. The Morgan fingerprint density at radius 2 is 1.36 bits per heavy atom. The minimum atomic E-state index is -4.28. The smallest absolute Gasteiger partial charge is 0.393 e. The van der Waals surface area contributed by atoms with Crippen molar-refractivity contribution < 1.29 is 31.1 Å². The first kappa shape index (κ1) is 24.0. The summed E-state index contributed by atoms with van der Waals surface area (Å²) in [4.78, 5) is 25.3. The number of alkyl halides is 6. The van der Waals surface area contributed by atoms with Crippen LogP contribution in [0.3, 0.4) is 0 Å². The van der Waals surface area contributed by atoms with Gasteiger partial charge in [-0.25, -0.2) is 15.0 Å². The van der Waals surface area contributed by atoms with Crippen molar-refractivity contribution >= 4 is 21.8 Å². The van der Waals surface area contributed by atoms with E-state index in [0.29, 0.717) is 16.4 Å². The number of hydrogen-bond acceptors (Lipinski definition) is 5. The average Bonchev–Trinajstić information content (AvgIpc) is 2.72. The first-order valence-corrected chi connectivity index (χ1v) is 9.32. The second-order valence-corrected chi connectivity index (χ2v) is 6.90. The van der Waals surface area contributed by atoms with E-state index in [1.54, 1.807) is 0 Å². The van der Waals surface area contributed by atoms with E-state index in [-0.39, 0.29) is 22.4 Å². The van der Waals surface area contributed by atoms with Gasteiger partial charge in [-0.3, -0.25) is 4.79 Å². The number of H-pyrrole nitrogens is 1. The van der Waals surface area contributed by atoms with Gasteiger partial charge in [0.15, 0.2) is 0 Å². The molecule has 0 aliphatic heterocycles. The molecule has 2 aromatic carbocycles. The van der Waals surface area contributed by atoms with E-state index in [9.17, 15) is 31.1 Å². The van der Waals surface area contributed by atoms with Gasteiger partial charge in [-0.1, -0.05) is 12.1 Å². The summed E-state index contributed by atoms with van der Waals surface area (Å²) in [7, 11) is 1.41. The zero-order chi connectivity index (χ0) is 24.2. The molecule has 0 saturated carbocycles. The van der Waals surface area contributed by atoms with Gasteiger partial charge in [-0.15, -0.1) is 0 Å². The van der Waals surface area contributed by atoms with Crippen LogP contribution in [0.5, 0.6) is 5.88 Å². The van der Waals surface area contributed by atoms with Crippen LogP contribution < -0.4 is 10.3 Å². The van der Waals surface area contributed by atoms with Gasteiger partial charge in [0.05, 0.1) is 48.1 Å². The van der Waals surface area contributed by atoms with Crippen LogP contribution in [0.4, 0.5) is 26.3 Å². The molecule has 2 heterocycles. The molecule has 0 aliphatic carbocycles. The number of benzene rings is 2. The second-order valence-electron chi connectivity index (χ2n) is 6.90. The molecule has 0 atom stereocenters. The summed E-state index contributed by atoms with van der Waals surface area (Å²) in [6, 6.07) is 8.28. The molecule has 12 heteroatoms. The molecule has 0 fully saturated rings. The molecular formula is C21H16F6N4O2. The molecule has 0 amide bonds. The van der Waals surface area contributed by atoms with Crippen LogP contribution >= 0.6 is 0 Å². The number of ether oxygens (including phenoxy) is 1. The standard InChI is InChI=1S/C11H9F3N2O.C10H7F3N2O/c1-17-10-8-4-7(5-11(12,13)14)2-3-9(8)15-6-16-10;11-10(12,13)4-6-1-2-8-7(3-6)9(16)15-5-14-8/h2-4,6H,5H2,1H3;1-3,5H,4H2,(H,14,15,16). The van der Waals surface area contributed by atoms with Crippen molar-refractivity contribution in [1.82, 2.24) is 19.9 Å². The van der Waals surface area contributed by atoms with Crippen LogP contribution in [0.25, 0.3) is 21.8 Å². The van der Waals surface area contributed by atoms with E-state index in [1.165, 1.54) is 56.2 Å². The molecular weight excluding hydrogens is 454 g/mol. The van der Waals surface area contributed by atoms with Crippen LogP contribution in [-0.4, -0.2) is 39.4 Å². The quantitative estimate of drug-likeness (QED) is 0.437. The molecule has 33 heavy (non-hydrogen) atoms. The largest absolute Gasteiger partial charge is 0.480 e. The fourth-order valence-electron chi connectivity index (χ4n) is 3.04. The third-order valence-corrected chi connectivity index (χ3v) is 4.37. The number of fused-ring (bicyclic) bond motifs is 2. The van der Waals surface area contributed by atoms with Crippen LogP contribution in [0.2, 0.25) is 0 Å². The number of nitrogens with zero attached hydrogens (tertiary/aromatic N) is 3. The first-order valence-electron chi connectivity index (χ1n) is 9.32. The third-order valence-electron chi connectivity index (χ3n) is 4.37. The van der Waals surface area contributed by atoms with Gasteiger partial charge < -0.3 is 9.72 Å². The van der Waals surface area contributed by atoms with E-state index in [1.807, 2.05) is 0 Å². The summed E-state index contributed by atoms with van der Waals surface area (Å²) in [6.07, 6.45) is -7.99. The summed E-state index contributed by atoms with van der Waals surface area (Å²) >= 11 is 0. The average molecular weight is 470 g/mol. The summed E-state index contributed by atoms with van der Waals surface area (Å²) in [5.74, 6) is 0.277. The zero-order valence-corrected chi connectivity index (χ0v) is 17.0. The minimum Gasteiger partial charge on any atom is -0.480 e. The summed E-state index contributed by atoms with van der Waals surface area (Å²) in [5.41, 5.74) is 0.725. The summed E-state index contributed by atoms with van der Waals surface area (Å²) in [6.45, 7) is 0. The highest BCUT2D eigenvalue weighted by molar-refractivity contribution is 5.83. The molecule has 0 saturated heterocycles. The first-order chi connectivity index (χ1) is 15.4. The topological polar surface area (TPSA) is 80.8 Å². The Labute approximate surface area is 182 Å². The summed E-state index contributed by atoms with van der Waals surface area (Å²) in [5, 5.41) is 0.654. The lowest BCUT2D eigenvalue weighted by atomic mass is 10.1. The van der Waals surface area contributed by atoms with Crippen LogP contribution in [0.15, 0.2) is 53.8 Å². The van der Waals surface area contributed by atoms with Gasteiger partial charge in [0.1, 0.15) is 6.33 Å². The monoisotopic (exact) mass is 470 g/mol. The number of nitrogens with one attached hydrogen (secondary N) is 1. The Kier molecular flexibility index (Phi) is 6.84. The molecule has 0 spiro atoms. The van der Waals surface area contributed by atoms with E-state index in [2.05, 4.69) is 19.9 Å². The lowest BCUT2D eigenvalue weighted by Crippen LogP contribution is -2.12. The van der Waals surface area contributed by atoms with Gasteiger partial charge in [0, 0.05) is 0 Å². The van der Waals surface area contributed by atoms with Crippen molar-refractivity contribution in [2.24, 2.45) is 0 Å². The van der Waals surface area contributed by atoms with Crippen molar-refractivity contribution in [3.05, 3.63) is 70.5 Å². The predicted molar refractivity (Wildman–Crippen MR) is 108 cm³/mol. The number of halogens is 6. The maximum absolute atomic E-state index is 12.3. The molecule has 6 nitrogen and oxygen atoms in total. The predicted octanol–water partition coefficient (Wildman–Crippen LogP) is 4.77. The Bertz CT molecular complexity index is 1320. The van der Waals surface area contributed by atoms with Crippen molar-refractivity contribution in [1.29, 1.82) is 0 Å². The lowest BCUT2D eigenvalue weighted by molar-refractivity contribution is -0.128. The maximum Gasteiger partial charge on any atom is 0.393 e. The van der Waals surface area contributed by atoms with Gasteiger partial charge in [-0.2, -0.15) is 26.3 Å². The molecule has 0 radical (unpaired) electrons. The highest BCUT2D eigenvalue weighted by Crippen LogP contribution is 2.26. The second kappa shape index (κ2) is 9.43. The van der Waals surface area contributed by atoms with Gasteiger partial charge in [0.2, 0.25) is 5.88 Å². The molecule has 0 bridgehead atoms. The van der Waals surface area contributed by atoms with E-state index >= 15 is 0 Å². The van der Waals surface area contributed by atoms with Crippen molar-refractivity contribution in [3.8, 4) is 5.88 Å². The fourth-order valence-corrected chi connectivity index (χ4v) is 3.04. The Balaban J connectivity index is 0.000000186. The molecule has 1 N–H and O–H groups in total. The molecule has 4 aromatic rings. The van der Waals surface area contributed by atoms with Crippen LogP contribution in [0.1, 0.15) is 11.1 Å². The van der Waals surface area contributed by atoms with Crippen LogP contribution in [-0.2, 0) is 12.8 Å². The summed E-state index contributed by atoms with van der Waals surface area (Å²) < 4.78 is 78.2. The molecule has 2 aromatic heterocycles.